The van der Waals surface area contributed by atoms with Crippen LogP contribution in [0.4, 0.5) is 0 Å². The monoisotopic (exact) mass is 345 g/mol. The standard InChI is InChI=1S/C22H23N3O/c1-3-15-25(2)21(18-9-5-4-6-10-18)22(26,19-11-7-13-23-16-19)20-12-8-14-24-17-20/h3-14,16-17,21,26H,1,15H2,2H3. The Bertz CT molecular complexity index is 782. The van der Waals surface area contributed by atoms with Crippen LogP contribution < -0.4 is 0 Å². The second kappa shape index (κ2) is 8.04. The summed E-state index contributed by atoms with van der Waals surface area (Å²) in [7, 11) is 1.98. The van der Waals surface area contributed by atoms with Crippen LogP contribution in [0.3, 0.4) is 0 Å². The second-order valence-electron chi connectivity index (χ2n) is 6.29. The van der Waals surface area contributed by atoms with Gasteiger partial charge in [-0.3, -0.25) is 14.9 Å². The molecule has 4 nitrogen and oxygen atoms in total. The van der Waals surface area contributed by atoms with Gasteiger partial charge >= 0.3 is 0 Å². The zero-order valence-electron chi connectivity index (χ0n) is 14.9. The van der Waals surface area contributed by atoms with Crippen molar-refractivity contribution in [1.82, 2.24) is 14.9 Å². The Hall–Kier alpha value is -2.82. The molecule has 3 rings (SSSR count). The number of pyridine rings is 2. The predicted molar refractivity (Wildman–Crippen MR) is 103 cm³/mol. The van der Waals surface area contributed by atoms with Gasteiger partial charge in [-0.05, 0) is 24.7 Å². The SMILES string of the molecule is C=CCN(C)C(c1ccccc1)C(O)(c1cccnc1)c1cccnc1. The van der Waals surface area contributed by atoms with Gasteiger partial charge in [-0.25, -0.2) is 0 Å². The maximum Gasteiger partial charge on any atom is 0.137 e. The molecule has 0 aliphatic rings. The average Bonchev–Trinajstić information content (AvgIpc) is 2.70. The lowest BCUT2D eigenvalue weighted by Gasteiger charge is -2.42. The molecule has 1 unspecified atom stereocenters. The molecule has 1 N–H and O–H groups in total. The molecule has 0 aliphatic carbocycles. The summed E-state index contributed by atoms with van der Waals surface area (Å²) in [5, 5.41) is 12.1. The maximum absolute atomic E-state index is 12.1. The van der Waals surface area contributed by atoms with E-state index in [4.69, 9.17) is 0 Å². The van der Waals surface area contributed by atoms with E-state index in [1.807, 2.05) is 67.7 Å². The van der Waals surface area contributed by atoms with Gasteiger partial charge in [0, 0.05) is 42.5 Å². The van der Waals surface area contributed by atoms with Gasteiger partial charge in [0.15, 0.2) is 0 Å². The minimum Gasteiger partial charge on any atom is -0.378 e. The first-order chi connectivity index (χ1) is 12.7. The van der Waals surface area contributed by atoms with E-state index < -0.39 is 5.60 Å². The van der Waals surface area contributed by atoms with E-state index >= 15 is 0 Å². The molecule has 0 fully saturated rings. The van der Waals surface area contributed by atoms with Gasteiger partial charge in [0.05, 0.1) is 6.04 Å². The molecule has 4 heteroatoms. The third-order valence-corrected chi connectivity index (χ3v) is 4.57. The first-order valence-corrected chi connectivity index (χ1v) is 8.57. The predicted octanol–water partition coefficient (Wildman–Crippen LogP) is 3.57. The van der Waals surface area contributed by atoms with Gasteiger partial charge in [-0.1, -0.05) is 48.5 Å². The highest BCUT2D eigenvalue weighted by molar-refractivity contribution is 5.39. The summed E-state index contributed by atoms with van der Waals surface area (Å²) in [5.74, 6) is 0. The van der Waals surface area contributed by atoms with Gasteiger partial charge in [0.2, 0.25) is 0 Å². The van der Waals surface area contributed by atoms with Gasteiger partial charge in [0.1, 0.15) is 5.60 Å². The van der Waals surface area contributed by atoms with E-state index in [0.717, 1.165) is 16.7 Å². The zero-order chi connectivity index (χ0) is 18.4. The molecule has 0 amide bonds. The van der Waals surface area contributed by atoms with E-state index in [1.54, 1.807) is 24.8 Å². The highest BCUT2D eigenvalue weighted by Crippen LogP contribution is 2.43. The van der Waals surface area contributed by atoms with Crippen LogP contribution in [0.15, 0.2) is 92.0 Å². The highest BCUT2D eigenvalue weighted by atomic mass is 16.3. The molecule has 0 saturated carbocycles. The van der Waals surface area contributed by atoms with Gasteiger partial charge in [-0.15, -0.1) is 6.58 Å². The summed E-state index contributed by atoms with van der Waals surface area (Å²) in [6, 6.07) is 17.1. The first kappa shape index (κ1) is 18.0. The van der Waals surface area contributed by atoms with Crippen molar-refractivity contribution in [3.05, 3.63) is 109 Å². The zero-order valence-corrected chi connectivity index (χ0v) is 14.9. The molecular formula is C22H23N3O. The van der Waals surface area contributed by atoms with E-state index in [9.17, 15) is 5.11 Å². The largest absolute Gasteiger partial charge is 0.378 e. The Balaban J connectivity index is 2.24. The summed E-state index contributed by atoms with van der Waals surface area (Å²) in [6.07, 6.45) is 8.68. The number of aliphatic hydroxyl groups is 1. The van der Waals surface area contributed by atoms with E-state index in [2.05, 4.69) is 21.4 Å². The minimum absolute atomic E-state index is 0.338. The number of benzene rings is 1. The second-order valence-corrected chi connectivity index (χ2v) is 6.29. The number of aromatic nitrogens is 2. The van der Waals surface area contributed by atoms with Crippen LogP contribution in [0.1, 0.15) is 22.7 Å². The molecule has 26 heavy (non-hydrogen) atoms. The number of hydrogen-bond acceptors (Lipinski definition) is 4. The number of hydrogen-bond donors (Lipinski definition) is 1. The summed E-state index contributed by atoms with van der Waals surface area (Å²) in [5.41, 5.74) is 1.13. The number of rotatable bonds is 7. The third-order valence-electron chi connectivity index (χ3n) is 4.57. The van der Waals surface area contributed by atoms with Gasteiger partial charge < -0.3 is 5.11 Å². The number of likely N-dealkylation sites (N-methyl/N-ethyl adjacent to an activating group) is 1. The lowest BCUT2D eigenvalue weighted by Crippen LogP contribution is -2.44. The average molecular weight is 345 g/mol. The Morgan fingerprint density at radius 1 is 1.00 bits per heavy atom. The molecule has 1 atom stereocenters. The lowest BCUT2D eigenvalue weighted by molar-refractivity contribution is -0.0103. The maximum atomic E-state index is 12.1. The van der Waals surface area contributed by atoms with E-state index in [0.29, 0.717) is 6.54 Å². The Kier molecular flexibility index (Phi) is 5.56. The van der Waals surface area contributed by atoms with Crippen molar-refractivity contribution in [2.24, 2.45) is 0 Å². The molecular weight excluding hydrogens is 322 g/mol. The van der Waals surface area contributed by atoms with Crippen LogP contribution in [0.25, 0.3) is 0 Å². The Morgan fingerprint density at radius 3 is 2.04 bits per heavy atom. The highest BCUT2D eigenvalue weighted by Gasteiger charge is 2.43. The van der Waals surface area contributed by atoms with E-state index in [-0.39, 0.29) is 6.04 Å². The first-order valence-electron chi connectivity index (χ1n) is 8.57. The Morgan fingerprint density at radius 2 is 1.58 bits per heavy atom. The van der Waals surface area contributed by atoms with Crippen molar-refractivity contribution in [1.29, 1.82) is 0 Å². The van der Waals surface area contributed by atoms with Crippen molar-refractivity contribution in [3.63, 3.8) is 0 Å². The fourth-order valence-corrected chi connectivity index (χ4v) is 3.42. The van der Waals surface area contributed by atoms with Crippen LogP contribution in [0, 0.1) is 0 Å². The molecule has 0 spiro atoms. The molecule has 0 bridgehead atoms. The Labute approximate surface area is 154 Å². The molecule has 3 aromatic rings. The molecule has 0 radical (unpaired) electrons. The van der Waals surface area contributed by atoms with Crippen LogP contribution in [0.2, 0.25) is 0 Å². The molecule has 0 aliphatic heterocycles. The molecule has 132 valence electrons. The van der Waals surface area contributed by atoms with Crippen molar-refractivity contribution in [2.75, 3.05) is 13.6 Å². The van der Waals surface area contributed by atoms with Crippen molar-refractivity contribution in [2.45, 2.75) is 11.6 Å². The minimum atomic E-state index is -1.32. The van der Waals surface area contributed by atoms with Crippen LogP contribution in [-0.2, 0) is 5.60 Å². The summed E-state index contributed by atoms with van der Waals surface area (Å²) >= 11 is 0. The van der Waals surface area contributed by atoms with Crippen molar-refractivity contribution in [3.8, 4) is 0 Å². The van der Waals surface area contributed by atoms with Crippen LogP contribution in [0.5, 0.6) is 0 Å². The normalized spacial score (nSPS) is 12.7. The summed E-state index contributed by atoms with van der Waals surface area (Å²) < 4.78 is 0. The van der Waals surface area contributed by atoms with Crippen molar-refractivity contribution < 1.29 is 5.11 Å². The molecule has 2 heterocycles. The van der Waals surface area contributed by atoms with Gasteiger partial charge in [-0.2, -0.15) is 0 Å². The topological polar surface area (TPSA) is 49.2 Å². The van der Waals surface area contributed by atoms with Crippen LogP contribution in [-0.4, -0.2) is 33.6 Å². The van der Waals surface area contributed by atoms with Crippen LogP contribution >= 0.6 is 0 Å². The summed E-state index contributed by atoms with van der Waals surface area (Å²) in [4.78, 5) is 10.6. The van der Waals surface area contributed by atoms with Crippen molar-refractivity contribution >= 4 is 0 Å². The molecule has 1 aromatic carbocycles. The molecule has 2 aromatic heterocycles. The molecule has 0 saturated heterocycles. The smallest absolute Gasteiger partial charge is 0.137 e. The van der Waals surface area contributed by atoms with Gasteiger partial charge in [0.25, 0.3) is 0 Å². The van der Waals surface area contributed by atoms with E-state index in [1.165, 1.54) is 0 Å². The third kappa shape index (κ3) is 3.43. The lowest BCUT2D eigenvalue weighted by atomic mass is 9.77. The summed E-state index contributed by atoms with van der Waals surface area (Å²) in [6.45, 7) is 4.48. The fourth-order valence-electron chi connectivity index (χ4n) is 3.42. The fraction of sp³-hybridized carbons (Fsp3) is 0.182. The number of nitrogens with zero attached hydrogens (tertiary/aromatic N) is 3. The quantitative estimate of drug-likeness (QED) is 0.665.